The zero-order valence-electron chi connectivity index (χ0n) is 17.4. The minimum Gasteiger partial charge on any atom is -0.483 e. The van der Waals surface area contributed by atoms with Gasteiger partial charge in [0.05, 0.1) is 6.04 Å². The molecule has 1 saturated heterocycles. The third-order valence-electron chi connectivity index (χ3n) is 5.47. The number of hydrogen-bond acceptors (Lipinski definition) is 4. The molecule has 0 aromatic heterocycles. The number of rotatable bonds is 7. The molecular formula is C24H32N2O2. The van der Waals surface area contributed by atoms with Gasteiger partial charge in [-0.25, -0.2) is 0 Å². The molecule has 2 aromatic carbocycles. The maximum Gasteiger partial charge on any atom is 0.194 e. The van der Waals surface area contributed by atoms with E-state index in [1.54, 1.807) is 0 Å². The van der Waals surface area contributed by atoms with E-state index in [-0.39, 0.29) is 11.8 Å². The van der Waals surface area contributed by atoms with Crippen LogP contribution in [0.2, 0.25) is 0 Å². The second-order valence-corrected chi connectivity index (χ2v) is 7.94. The monoisotopic (exact) mass is 380 g/mol. The molecule has 4 heteroatoms. The second kappa shape index (κ2) is 9.35. The Hall–Kier alpha value is -2.17. The van der Waals surface area contributed by atoms with Crippen LogP contribution in [-0.2, 0) is 4.79 Å². The van der Waals surface area contributed by atoms with Crippen molar-refractivity contribution in [2.75, 3.05) is 26.2 Å². The van der Waals surface area contributed by atoms with Gasteiger partial charge in [-0.3, -0.25) is 9.69 Å². The van der Waals surface area contributed by atoms with Crippen molar-refractivity contribution in [3.8, 4) is 5.75 Å². The molecule has 150 valence electrons. The normalized spacial score (nSPS) is 17.3. The number of carbonyl (C=O) groups excluding carboxylic acids is 1. The molecule has 2 aromatic rings. The third-order valence-corrected chi connectivity index (χ3v) is 5.47. The lowest BCUT2D eigenvalue weighted by Gasteiger charge is -2.35. The van der Waals surface area contributed by atoms with Crippen LogP contribution < -0.4 is 10.1 Å². The quantitative estimate of drug-likeness (QED) is 0.785. The van der Waals surface area contributed by atoms with Gasteiger partial charge in [0.25, 0.3) is 0 Å². The SMILES string of the molecule is Cc1cc(C(C)C)ccc1OC(C)C(=O)C(c1ccccc1)N1CCNCC1. The number of piperazine rings is 1. The lowest BCUT2D eigenvalue weighted by Crippen LogP contribution is -2.49. The topological polar surface area (TPSA) is 41.6 Å². The highest BCUT2D eigenvalue weighted by Crippen LogP contribution is 2.28. The zero-order valence-corrected chi connectivity index (χ0v) is 17.4. The summed E-state index contributed by atoms with van der Waals surface area (Å²) >= 11 is 0. The predicted molar refractivity (Wildman–Crippen MR) is 114 cm³/mol. The molecule has 1 heterocycles. The first-order valence-corrected chi connectivity index (χ1v) is 10.3. The maximum atomic E-state index is 13.4. The van der Waals surface area contributed by atoms with E-state index in [1.165, 1.54) is 5.56 Å². The summed E-state index contributed by atoms with van der Waals surface area (Å²) in [7, 11) is 0. The Morgan fingerprint density at radius 1 is 1.00 bits per heavy atom. The fourth-order valence-electron chi connectivity index (χ4n) is 3.77. The van der Waals surface area contributed by atoms with Crippen molar-refractivity contribution in [2.45, 2.75) is 45.8 Å². The molecule has 1 aliphatic heterocycles. The molecule has 0 aliphatic carbocycles. The Bertz CT molecular complexity index is 782. The number of nitrogens with one attached hydrogen (secondary N) is 1. The van der Waals surface area contributed by atoms with Gasteiger partial charge in [0, 0.05) is 26.2 Å². The van der Waals surface area contributed by atoms with Crippen LogP contribution in [0.4, 0.5) is 0 Å². The van der Waals surface area contributed by atoms with E-state index in [4.69, 9.17) is 4.74 Å². The van der Waals surface area contributed by atoms with Gasteiger partial charge in [0.2, 0.25) is 0 Å². The highest BCUT2D eigenvalue weighted by molar-refractivity contribution is 5.89. The molecular weight excluding hydrogens is 348 g/mol. The summed E-state index contributed by atoms with van der Waals surface area (Å²) in [4.78, 5) is 15.7. The Kier molecular flexibility index (Phi) is 6.87. The molecule has 4 nitrogen and oxygen atoms in total. The highest BCUT2D eigenvalue weighted by Gasteiger charge is 2.32. The average Bonchev–Trinajstić information content (AvgIpc) is 2.71. The number of benzene rings is 2. The molecule has 0 radical (unpaired) electrons. The van der Waals surface area contributed by atoms with Gasteiger partial charge in [-0.2, -0.15) is 0 Å². The Labute approximate surface area is 168 Å². The molecule has 0 amide bonds. The smallest absolute Gasteiger partial charge is 0.194 e. The maximum absolute atomic E-state index is 13.4. The lowest BCUT2D eigenvalue weighted by atomic mass is 9.97. The summed E-state index contributed by atoms with van der Waals surface area (Å²) in [6.07, 6.45) is -0.510. The third kappa shape index (κ3) is 4.81. The van der Waals surface area contributed by atoms with Crippen LogP contribution >= 0.6 is 0 Å². The summed E-state index contributed by atoms with van der Waals surface area (Å²) in [6.45, 7) is 11.8. The van der Waals surface area contributed by atoms with Crippen molar-refractivity contribution in [1.82, 2.24) is 10.2 Å². The van der Waals surface area contributed by atoms with E-state index < -0.39 is 6.10 Å². The van der Waals surface area contributed by atoms with Gasteiger partial charge in [-0.05, 0) is 42.5 Å². The Morgan fingerprint density at radius 2 is 1.68 bits per heavy atom. The molecule has 1 fully saturated rings. The molecule has 1 aliphatic rings. The lowest BCUT2D eigenvalue weighted by molar-refractivity contribution is -0.131. The molecule has 2 unspecified atom stereocenters. The molecule has 28 heavy (non-hydrogen) atoms. The summed E-state index contributed by atoms with van der Waals surface area (Å²) in [5.41, 5.74) is 3.40. The first-order chi connectivity index (χ1) is 13.5. The van der Waals surface area contributed by atoms with E-state index in [0.29, 0.717) is 5.92 Å². The van der Waals surface area contributed by atoms with Crippen molar-refractivity contribution in [1.29, 1.82) is 0 Å². The number of ether oxygens (including phenoxy) is 1. The molecule has 1 N–H and O–H groups in total. The average molecular weight is 381 g/mol. The van der Waals surface area contributed by atoms with E-state index >= 15 is 0 Å². The number of hydrogen-bond donors (Lipinski definition) is 1. The molecule has 3 rings (SSSR count). The Morgan fingerprint density at radius 3 is 2.29 bits per heavy atom. The zero-order chi connectivity index (χ0) is 20.1. The van der Waals surface area contributed by atoms with E-state index in [9.17, 15) is 4.79 Å². The van der Waals surface area contributed by atoms with Crippen molar-refractivity contribution >= 4 is 5.78 Å². The minimum absolute atomic E-state index is 0.112. The van der Waals surface area contributed by atoms with E-state index in [0.717, 1.165) is 43.1 Å². The number of nitrogens with zero attached hydrogens (tertiary/aromatic N) is 1. The van der Waals surface area contributed by atoms with Gasteiger partial charge in [0.15, 0.2) is 11.9 Å². The first-order valence-electron chi connectivity index (χ1n) is 10.3. The van der Waals surface area contributed by atoms with Crippen LogP contribution in [0.15, 0.2) is 48.5 Å². The summed E-state index contributed by atoms with van der Waals surface area (Å²) in [5.74, 6) is 1.37. The fraction of sp³-hybridized carbons (Fsp3) is 0.458. The molecule has 0 spiro atoms. The van der Waals surface area contributed by atoms with Crippen molar-refractivity contribution in [3.05, 3.63) is 65.2 Å². The summed E-state index contributed by atoms with van der Waals surface area (Å²) < 4.78 is 6.14. The standard InChI is InChI=1S/C24H32N2O2/c1-17(2)21-10-11-22(18(3)16-21)28-19(4)24(27)23(20-8-6-5-7-9-20)26-14-12-25-13-15-26/h5-11,16-17,19,23,25H,12-15H2,1-4H3. The minimum atomic E-state index is -0.510. The fourth-order valence-corrected chi connectivity index (χ4v) is 3.77. The number of ketones is 1. The number of Topliss-reactive ketones (excluding diaryl/α,β-unsaturated/α-hetero) is 1. The summed E-state index contributed by atoms with van der Waals surface area (Å²) in [6, 6.07) is 16.0. The van der Waals surface area contributed by atoms with Crippen molar-refractivity contribution in [2.24, 2.45) is 0 Å². The molecule has 0 saturated carbocycles. The second-order valence-electron chi connectivity index (χ2n) is 7.94. The van der Waals surface area contributed by atoms with Crippen molar-refractivity contribution < 1.29 is 9.53 Å². The first kappa shape index (κ1) is 20.6. The van der Waals surface area contributed by atoms with Gasteiger partial charge < -0.3 is 10.1 Å². The number of aryl methyl sites for hydroxylation is 1. The number of carbonyl (C=O) groups is 1. The van der Waals surface area contributed by atoms with Crippen LogP contribution in [0, 0.1) is 6.92 Å². The molecule has 2 atom stereocenters. The van der Waals surface area contributed by atoms with Gasteiger partial charge in [-0.1, -0.05) is 56.3 Å². The van der Waals surface area contributed by atoms with Crippen LogP contribution in [0.5, 0.6) is 5.75 Å². The van der Waals surface area contributed by atoms with Crippen molar-refractivity contribution in [3.63, 3.8) is 0 Å². The van der Waals surface area contributed by atoms with Crippen LogP contribution in [0.1, 0.15) is 49.4 Å². The van der Waals surface area contributed by atoms with Crippen LogP contribution in [-0.4, -0.2) is 43.0 Å². The Balaban J connectivity index is 1.80. The molecule has 0 bridgehead atoms. The van der Waals surface area contributed by atoms with Crippen LogP contribution in [0.3, 0.4) is 0 Å². The highest BCUT2D eigenvalue weighted by atomic mass is 16.5. The van der Waals surface area contributed by atoms with E-state index in [1.807, 2.05) is 50.2 Å². The van der Waals surface area contributed by atoms with Gasteiger partial charge >= 0.3 is 0 Å². The largest absolute Gasteiger partial charge is 0.483 e. The van der Waals surface area contributed by atoms with Gasteiger partial charge in [-0.15, -0.1) is 0 Å². The van der Waals surface area contributed by atoms with Crippen LogP contribution in [0.25, 0.3) is 0 Å². The summed E-state index contributed by atoms with van der Waals surface area (Å²) in [5, 5.41) is 3.37. The predicted octanol–water partition coefficient (Wildman–Crippen LogP) is 4.10. The van der Waals surface area contributed by atoms with E-state index in [2.05, 4.69) is 36.2 Å². The van der Waals surface area contributed by atoms with Gasteiger partial charge in [0.1, 0.15) is 5.75 Å².